The summed E-state index contributed by atoms with van der Waals surface area (Å²) >= 11 is 0. The first-order valence-corrected chi connectivity index (χ1v) is 8.14. The minimum Gasteiger partial charge on any atom is -0.330 e. The van der Waals surface area contributed by atoms with Gasteiger partial charge in [0.15, 0.2) is 0 Å². The van der Waals surface area contributed by atoms with E-state index in [0.29, 0.717) is 17.9 Å². The van der Waals surface area contributed by atoms with E-state index in [9.17, 15) is 9.59 Å². The fraction of sp³-hybridized carbons (Fsp3) is 0.200. The van der Waals surface area contributed by atoms with E-state index in [1.807, 2.05) is 44.2 Å². The van der Waals surface area contributed by atoms with Gasteiger partial charge in [0.25, 0.3) is 0 Å². The number of rotatable bonds is 6. The number of carbonyl (C=O) groups excluding carboxylic acids is 2. The highest BCUT2D eigenvalue weighted by Gasteiger charge is 2.06. The molecule has 0 aliphatic carbocycles. The Bertz CT molecular complexity index is 780. The summed E-state index contributed by atoms with van der Waals surface area (Å²) in [7, 11) is 0. The van der Waals surface area contributed by atoms with Gasteiger partial charge in [-0.2, -0.15) is 0 Å². The maximum absolute atomic E-state index is 12.1. The highest BCUT2D eigenvalue weighted by Crippen LogP contribution is 2.20. The quantitative estimate of drug-likeness (QED) is 0.708. The molecule has 5 nitrogen and oxygen atoms in total. The summed E-state index contributed by atoms with van der Waals surface area (Å²) in [6.07, 6.45) is 3.51. The van der Waals surface area contributed by atoms with Gasteiger partial charge in [-0.15, -0.1) is 0 Å². The van der Waals surface area contributed by atoms with Crippen LogP contribution in [-0.4, -0.2) is 18.4 Å². The smallest absolute Gasteiger partial charge is 0.248 e. The van der Waals surface area contributed by atoms with Crippen molar-refractivity contribution in [2.24, 2.45) is 5.73 Å². The standard InChI is InChI=1S/C20H23N3O2/c1-14-3-6-16(7-4-14)8-10-19(24)23-18-13-17(9-5-15(18)2)22-20(25)11-12-21/h3-10,13H,11-12,21H2,1-2H3,(H,22,25)(H,23,24)/b10-8+. The van der Waals surface area contributed by atoms with E-state index in [4.69, 9.17) is 5.73 Å². The number of hydrogen-bond acceptors (Lipinski definition) is 3. The summed E-state index contributed by atoms with van der Waals surface area (Å²) in [4.78, 5) is 23.8. The molecule has 0 aliphatic heterocycles. The number of aryl methyl sites for hydroxylation is 2. The molecule has 0 bridgehead atoms. The van der Waals surface area contributed by atoms with Gasteiger partial charge in [-0.05, 0) is 43.2 Å². The lowest BCUT2D eigenvalue weighted by atomic mass is 10.1. The average Bonchev–Trinajstić information content (AvgIpc) is 2.57. The Kier molecular flexibility index (Phi) is 6.48. The maximum Gasteiger partial charge on any atom is 0.248 e. The SMILES string of the molecule is Cc1ccc(/C=C/C(=O)Nc2cc(NC(=O)CCN)ccc2C)cc1. The van der Waals surface area contributed by atoms with Crippen molar-refractivity contribution in [2.45, 2.75) is 20.3 Å². The van der Waals surface area contributed by atoms with Gasteiger partial charge in [-0.3, -0.25) is 9.59 Å². The summed E-state index contributed by atoms with van der Waals surface area (Å²) in [5.74, 6) is -0.378. The highest BCUT2D eigenvalue weighted by molar-refractivity contribution is 6.03. The summed E-state index contributed by atoms with van der Waals surface area (Å²) in [6, 6.07) is 13.3. The summed E-state index contributed by atoms with van der Waals surface area (Å²) in [5.41, 5.74) is 9.69. The van der Waals surface area contributed by atoms with E-state index >= 15 is 0 Å². The monoisotopic (exact) mass is 337 g/mol. The third-order valence-corrected chi connectivity index (χ3v) is 3.66. The molecule has 0 saturated carbocycles. The molecule has 0 radical (unpaired) electrons. The van der Waals surface area contributed by atoms with Crippen LogP contribution in [0.4, 0.5) is 11.4 Å². The molecular weight excluding hydrogens is 314 g/mol. The van der Waals surface area contributed by atoms with Crippen molar-refractivity contribution in [1.29, 1.82) is 0 Å². The van der Waals surface area contributed by atoms with Crippen LogP contribution in [-0.2, 0) is 9.59 Å². The van der Waals surface area contributed by atoms with Crippen molar-refractivity contribution in [3.8, 4) is 0 Å². The topological polar surface area (TPSA) is 84.2 Å². The van der Waals surface area contributed by atoms with Gasteiger partial charge in [0.05, 0.1) is 0 Å². The van der Waals surface area contributed by atoms with Crippen LogP contribution in [0.15, 0.2) is 48.5 Å². The number of amides is 2. The van der Waals surface area contributed by atoms with Crippen LogP contribution >= 0.6 is 0 Å². The zero-order valence-corrected chi connectivity index (χ0v) is 14.5. The molecule has 4 N–H and O–H groups in total. The molecule has 5 heteroatoms. The molecule has 0 saturated heterocycles. The van der Waals surface area contributed by atoms with E-state index in [1.54, 1.807) is 18.2 Å². The molecule has 0 atom stereocenters. The van der Waals surface area contributed by atoms with Gasteiger partial charge in [-0.1, -0.05) is 35.9 Å². The number of nitrogens with one attached hydrogen (secondary N) is 2. The molecule has 25 heavy (non-hydrogen) atoms. The minimum absolute atomic E-state index is 0.150. The molecule has 2 aromatic carbocycles. The Labute approximate surface area is 147 Å². The number of nitrogens with two attached hydrogens (primary N) is 1. The molecule has 2 rings (SSSR count). The molecular formula is C20H23N3O2. The van der Waals surface area contributed by atoms with E-state index in [1.165, 1.54) is 11.6 Å². The van der Waals surface area contributed by atoms with Crippen LogP contribution in [0.1, 0.15) is 23.1 Å². The second-order valence-electron chi connectivity index (χ2n) is 5.85. The lowest BCUT2D eigenvalue weighted by molar-refractivity contribution is -0.116. The fourth-order valence-corrected chi connectivity index (χ4v) is 2.21. The molecule has 2 aromatic rings. The normalized spacial score (nSPS) is 10.7. The minimum atomic E-state index is -0.228. The molecule has 2 amide bonds. The molecule has 0 aliphatic rings. The van der Waals surface area contributed by atoms with Crippen molar-refractivity contribution in [3.63, 3.8) is 0 Å². The lowest BCUT2D eigenvalue weighted by Crippen LogP contribution is -2.16. The van der Waals surface area contributed by atoms with Gasteiger partial charge >= 0.3 is 0 Å². The van der Waals surface area contributed by atoms with Gasteiger partial charge < -0.3 is 16.4 Å². The number of benzene rings is 2. The predicted molar refractivity (Wildman–Crippen MR) is 102 cm³/mol. The van der Waals surface area contributed by atoms with Crippen LogP contribution in [0.2, 0.25) is 0 Å². The van der Waals surface area contributed by atoms with Crippen LogP contribution in [0.25, 0.3) is 6.08 Å². The summed E-state index contributed by atoms with van der Waals surface area (Å²) < 4.78 is 0. The molecule has 0 spiro atoms. The number of carbonyl (C=O) groups is 2. The van der Waals surface area contributed by atoms with Crippen molar-refractivity contribution < 1.29 is 9.59 Å². The van der Waals surface area contributed by atoms with Crippen LogP contribution in [0, 0.1) is 13.8 Å². The first kappa shape index (κ1) is 18.4. The van der Waals surface area contributed by atoms with Gasteiger partial charge in [-0.25, -0.2) is 0 Å². The van der Waals surface area contributed by atoms with E-state index in [2.05, 4.69) is 10.6 Å². The number of anilines is 2. The van der Waals surface area contributed by atoms with Crippen molar-refractivity contribution in [1.82, 2.24) is 0 Å². The maximum atomic E-state index is 12.1. The zero-order chi connectivity index (χ0) is 18.2. The van der Waals surface area contributed by atoms with E-state index < -0.39 is 0 Å². The molecule has 130 valence electrons. The third-order valence-electron chi connectivity index (χ3n) is 3.66. The second kappa shape index (κ2) is 8.80. The van der Waals surface area contributed by atoms with Crippen molar-refractivity contribution in [3.05, 3.63) is 65.2 Å². The zero-order valence-electron chi connectivity index (χ0n) is 14.5. The van der Waals surface area contributed by atoms with E-state index in [-0.39, 0.29) is 18.2 Å². The lowest BCUT2D eigenvalue weighted by Gasteiger charge is -2.10. The van der Waals surface area contributed by atoms with Gasteiger partial charge in [0.2, 0.25) is 11.8 Å². The predicted octanol–water partition coefficient (Wildman–Crippen LogP) is 3.24. The summed E-state index contributed by atoms with van der Waals surface area (Å²) in [6.45, 7) is 4.21. The summed E-state index contributed by atoms with van der Waals surface area (Å²) in [5, 5.41) is 5.59. The van der Waals surface area contributed by atoms with Gasteiger partial charge in [0, 0.05) is 30.4 Å². The first-order valence-electron chi connectivity index (χ1n) is 8.14. The Balaban J connectivity index is 2.04. The third kappa shape index (κ3) is 5.90. The molecule has 0 unspecified atom stereocenters. The number of hydrogen-bond donors (Lipinski definition) is 3. The Morgan fingerprint density at radius 3 is 2.44 bits per heavy atom. The van der Waals surface area contributed by atoms with Crippen molar-refractivity contribution >= 4 is 29.3 Å². The van der Waals surface area contributed by atoms with Crippen LogP contribution in [0.5, 0.6) is 0 Å². The Hall–Kier alpha value is -2.92. The van der Waals surface area contributed by atoms with Crippen LogP contribution < -0.4 is 16.4 Å². The highest BCUT2D eigenvalue weighted by atomic mass is 16.2. The molecule has 0 heterocycles. The first-order chi connectivity index (χ1) is 12.0. The second-order valence-corrected chi connectivity index (χ2v) is 5.85. The van der Waals surface area contributed by atoms with Crippen molar-refractivity contribution in [2.75, 3.05) is 17.2 Å². The van der Waals surface area contributed by atoms with E-state index in [0.717, 1.165) is 11.1 Å². The van der Waals surface area contributed by atoms with Gasteiger partial charge in [0.1, 0.15) is 0 Å². The van der Waals surface area contributed by atoms with Crippen LogP contribution in [0.3, 0.4) is 0 Å². The largest absolute Gasteiger partial charge is 0.330 e. The molecule has 0 aromatic heterocycles. The fourth-order valence-electron chi connectivity index (χ4n) is 2.21. The average molecular weight is 337 g/mol. The Morgan fingerprint density at radius 2 is 1.76 bits per heavy atom. The molecule has 0 fully saturated rings. The Morgan fingerprint density at radius 1 is 1.04 bits per heavy atom.